The summed E-state index contributed by atoms with van der Waals surface area (Å²) in [6, 6.07) is 6.15. The van der Waals surface area contributed by atoms with E-state index >= 15 is 0 Å². The van der Waals surface area contributed by atoms with E-state index in [0.29, 0.717) is 12.5 Å². The Bertz CT molecular complexity index is 823. The first-order chi connectivity index (χ1) is 12.6. The summed E-state index contributed by atoms with van der Waals surface area (Å²) in [6.07, 6.45) is 5.03. The molecule has 0 radical (unpaired) electrons. The van der Waals surface area contributed by atoms with Gasteiger partial charge < -0.3 is 14.4 Å². The van der Waals surface area contributed by atoms with Crippen molar-refractivity contribution in [3.8, 4) is 11.5 Å². The number of amides is 1. The maximum absolute atomic E-state index is 12.8. The highest BCUT2D eigenvalue weighted by molar-refractivity contribution is 8.00. The number of ether oxygens (including phenoxy) is 2. The zero-order valence-electron chi connectivity index (χ0n) is 15.0. The maximum atomic E-state index is 12.8. The second kappa shape index (κ2) is 7.12. The van der Waals surface area contributed by atoms with Crippen LogP contribution >= 0.6 is 23.1 Å². The Balaban J connectivity index is 1.47. The molecule has 0 spiro atoms. The van der Waals surface area contributed by atoms with Crippen molar-refractivity contribution in [1.82, 2.24) is 9.88 Å². The molecule has 1 fully saturated rings. The van der Waals surface area contributed by atoms with Crippen LogP contribution in [0.25, 0.3) is 0 Å². The quantitative estimate of drug-likeness (QED) is 0.737. The zero-order chi connectivity index (χ0) is 18.1. The van der Waals surface area contributed by atoms with E-state index in [4.69, 9.17) is 9.47 Å². The van der Waals surface area contributed by atoms with Crippen molar-refractivity contribution in [2.45, 2.75) is 30.5 Å². The third kappa shape index (κ3) is 3.55. The average molecular weight is 391 g/mol. The lowest BCUT2D eigenvalue weighted by molar-refractivity contribution is 0.0545. The van der Waals surface area contributed by atoms with E-state index in [9.17, 15) is 4.79 Å². The monoisotopic (exact) mass is 390 g/mol. The number of hydrogen-bond acceptors (Lipinski definition) is 6. The minimum atomic E-state index is 0.0539. The summed E-state index contributed by atoms with van der Waals surface area (Å²) in [5.41, 5.74) is 1.86. The Morgan fingerprint density at radius 1 is 1.38 bits per heavy atom. The molecule has 138 valence electrons. The highest BCUT2D eigenvalue weighted by Gasteiger charge is 2.34. The molecule has 0 saturated carbocycles. The van der Waals surface area contributed by atoms with Gasteiger partial charge in [-0.2, -0.15) is 0 Å². The lowest BCUT2D eigenvalue weighted by Crippen LogP contribution is -2.45. The van der Waals surface area contributed by atoms with E-state index in [1.165, 1.54) is 16.9 Å². The van der Waals surface area contributed by atoms with Gasteiger partial charge in [0.1, 0.15) is 10.0 Å². The largest absolute Gasteiger partial charge is 0.454 e. The molecule has 1 aromatic heterocycles. The lowest BCUT2D eigenvalue weighted by atomic mass is 9.77. The molecule has 2 aliphatic rings. The van der Waals surface area contributed by atoms with Crippen LogP contribution in [0, 0.1) is 5.41 Å². The lowest BCUT2D eigenvalue weighted by Gasteiger charge is -2.40. The molecule has 4 rings (SSSR count). The van der Waals surface area contributed by atoms with Crippen molar-refractivity contribution in [2.24, 2.45) is 5.41 Å². The maximum Gasteiger partial charge on any atom is 0.273 e. The van der Waals surface area contributed by atoms with E-state index in [1.807, 2.05) is 22.6 Å². The van der Waals surface area contributed by atoms with Crippen LogP contribution in [0.1, 0.15) is 35.8 Å². The highest BCUT2D eigenvalue weighted by atomic mass is 32.2. The molecular formula is C19H22N2O3S2. The summed E-state index contributed by atoms with van der Waals surface area (Å²) in [6.45, 7) is 4.13. The predicted molar refractivity (Wildman–Crippen MR) is 103 cm³/mol. The van der Waals surface area contributed by atoms with Crippen molar-refractivity contribution in [2.75, 3.05) is 26.1 Å². The van der Waals surface area contributed by atoms with E-state index in [1.54, 1.807) is 11.8 Å². The molecule has 1 aromatic carbocycles. The van der Waals surface area contributed by atoms with Crippen molar-refractivity contribution in [3.05, 3.63) is 34.8 Å². The average Bonchev–Trinajstić information content (AvgIpc) is 3.29. The molecule has 1 amide bonds. The smallest absolute Gasteiger partial charge is 0.273 e. The van der Waals surface area contributed by atoms with Crippen LogP contribution in [0.4, 0.5) is 0 Å². The molecule has 26 heavy (non-hydrogen) atoms. The van der Waals surface area contributed by atoms with Crippen LogP contribution < -0.4 is 9.47 Å². The van der Waals surface area contributed by atoms with Gasteiger partial charge in [0.15, 0.2) is 11.5 Å². The molecule has 2 aromatic rings. The number of hydrogen-bond donors (Lipinski definition) is 0. The standard InChI is InChI=1S/C19H22N2O3S2/c1-19(9-13-4-5-15-16(8-13)24-12-23-15)6-3-7-21(11-19)17(22)14-10-26-18(20-14)25-2/h4-5,8,10H,3,6-7,9,11-12H2,1-2H3. The number of likely N-dealkylation sites (tertiary alicyclic amines) is 1. The fraction of sp³-hybridized carbons (Fsp3) is 0.474. The minimum Gasteiger partial charge on any atom is -0.454 e. The topological polar surface area (TPSA) is 51.7 Å². The van der Waals surface area contributed by atoms with Gasteiger partial charge in [0.2, 0.25) is 6.79 Å². The van der Waals surface area contributed by atoms with Gasteiger partial charge in [-0.25, -0.2) is 4.98 Å². The number of rotatable bonds is 4. The Morgan fingerprint density at radius 3 is 3.04 bits per heavy atom. The van der Waals surface area contributed by atoms with Gasteiger partial charge in [0.25, 0.3) is 5.91 Å². The number of aromatic nitrogens is 1. The van der Waals surface area contributed by atoms with E-state index in [0.717, 1.165) is 48.2 Å². The Morgan fingerprint density at radius 2 is 2.23 bits per heavy atom. The number of carbonyl (C=O) groups is 1. The first-order valence-electron chi connectivity index (χ1n) is 8.74. The first kappa shape index (κ1) is 17.7. The van der Waals surface area contributed by atoms with Gasteiger partial charge in [0, 0.05) is 18.5 Å². The van der Waals surface area contributed by atoms with Crippen LogP contribution in [0.2, 0.25) is 0 Å². The van der Waals surface area contributed by atoms with Gasteiger partial charge in [0.05, 0.1) is 0 Å². The predicted octanol–water partition coefficient (Wildman–Crippen LogP) is 4.08. The number of thiazole rings is 1. The minimum absolute atomic E-state index is 0.0539. The normalized spacial score (nSPS) is 21.8. The van der Waals surface area contributed by atoms with Gasteiger partial charge in [-0.1, -0.05) is 24.8 Å². The Kier molecular flexibility index (Phi) is 4.84. The zero-order valence-corrected chi connectivity index (χ0v) is 16.6. The summed E-state index contributed by atoms with van der Waals surface area (Å²) in [5.74, 6) is 1.69. The number of benzene rings is 1. The molecule has 7 heteroatoms. The molecule has 0 N–H and O–H groups in total. The second-order valence-electron chi connectivity index (χ2n) is 7.21. The van der Waals surface area contributed by atoms with E-state index < -0.39 is 0 Å². The summed E-state index contributed by atoms with van der Waals surface area (Å²) >= 11 is 3.11. The first-order valence-corrected chi connectivity index (χ1v) is 10.8. The van der Waals surface area contributed by atoms with Crippen molar-refractivity contribution in [1.29, 1.82) is 0 Å². The third-order valence-corrected chi connectivity index (χ3v) is 6.88. The van der Waals surface area contributed by atoms with Crippen LogP contribution in [-0.2, 0) is 6.42 Å². The van der Waals surface area contributed by atoms with Crippen LogP contribution in [0.3, 0.4) is 0 Å². The van der Waals surface area contributed by atoms with Crippen molar-refractivity contribution in [3.63, 3.8) is 0 Å². The summed E-state index contributed by atoms with van der Waals surface area (Å²) in [4.78, 5) is 19.2. The highest BCUT2D eigenvalue weighted by Crippen LogP contribution is 2.38. The molecule has 1 unspecified atom stereocenters. The summed E-state index contributed by atoms with van der Waals surface area (Å²) in [7, 11) is 0. The molecule has 0 bridgehead atoms. The molecule has 0 aliphatic carbocycles. The Labute approximate surface area is 161 Å². The fourth-order valence-corrected chi connectivity index (χ4v) is 5.02. The molecule has 5 nitrogen and oxygen atoms in total. The van der Waals surface area contributed by atoms with E-state index in [2.05, 4.69) is 24.0 Å². The number of piperidine rings is 1. The Hall–Kier alpha value is -1.73. The van der Waals surface area contributed by atoms with Gasteiger partial charge in [-0.15, -0.1) is 11.3 Å². The number of thioether (sulfide) groups is 1. The molecule has 2 aliphatic heterocycles. The SMILES string of the molecule is CSc1nc(C(=O)N2CCCC(C)(Cc3ccc4c(c3)OCO4)C2)cs1. The third-order valence-electron chi connectivity index (χ3n) is 5.01. The summed E-state index contributed by atoms with van der Waals surface area (Å²) in [5, 5.41) is 1.87. The van der Waals surface area contributed by atoms with Crippen molar-refractivity contribution >= 4 is 29.0 Å². The van der Waals surface area contributed by atoms with Gasteiger partial charge in [-0.05, 0) is 48.6 Å². The second-order valence-corrected chi connectivity index (χ2v) is 9.12. The molecular weight excluding hydrogens is 368 g/mol. The number of carbonyl (C=O) groups excluding carboxylic acids is 1. The van der Waals surface area contributed by atoms with E-state index in [-0.39, 0.29) is 11.3 Å². The van der Waals surface area contributed by atoms with Crippen LogP contribution in [0.5, 0.6) is 11.5 Å². The fourth-order valence-electron chi connectivity index (χ4n) is 3.79. The number of nitrogens with zero attached hydrogens (tertiary/aromatic N) is 2. The molecule has 1 atom stereocenters. The molecule has 1 saturated heterocycles. The van der Waals surface area contributed by atoms with Crippen LogP contribution in [-0.4, -0.2) is 41.9 Å². The van der Waals surface area contributed by atoms with Crippen molar-refractivity contribution < 1.29 is 14.3 Å². The summed E-state index contributed by atoms with van der Waals surface area (Å²) < 4.78 is 11.8. The number of fused-ring (bicyclic) bond motifs is 1. The van der Waals surface area contributed by atoms with Gasteiger partial charge >= 0.3 is 0 Å². The molecule has 3 heterocycles. The van der Waals surface area contributed by atoms with Gasteiger partial charge in [-0.3, -0.25) is 4.79 Å². The van der Waals surface area contributed by atoms with Crippen LogP contribution in [0.15, 0.2) is 27.9 Å².